The van der Waals surface area contributed by atoms with Crippen molar-refractivity contribution in [1.82, 2.24) is 15.2 Å². The van der Waals surface area contributed by atoms with E-state index >= 15 is 0 Å². The molecule has 0 fully saturated rings. The fourth-order valence-electron chi connectivity index (χ4n) is 1.68. The van der Waals surface area contributed by atoms with Gasteiger partial charge in [-0.15, -0.1) is 0 Å². The van der Waals surface area contributed by atoms with Crippen LogP contribution in [0, 0.1) is 0 Å². The average molecular weight is 315 g/mol. The second-order valence-electron chi connectivity index (χ2n) is 4.64. The topological polar surface area (TPSA) is 66.5 Å². The Bertz CT molecular complexity index is 457. The molecule has 0 saturated carbocycles. The maximum absolute atomic E-state index is 12.0. The highest BCUT2D eigenvalue weighted by atomic mass is 35.5. The van der Waals surface area contributed by atoms with E-state index in [0.717, 1.165) is 19.6 Å². The van der Waals surface area contributed by atoms with Gasteiger partial charge in [-0.2, -0.15) is 0 Å². The number of carbonyl (C=O) groups is 1. The number of methoxy groups -OCH3 is 1. The van der Waals surface area contributed by atoms with Gasteiger partial charge in [0.2, 0.25) is 0 Å². The van der Waals surface area contributed by atoms with Gasteiger partial charge in [0, 0.05) is 39.5 Å². The Hall–Kier alpha value is -1.37. The number of carbonyl (C=O) groups excluding carboxylic acids is 1. The number of anilines is 1. The zero-order valence-electron chi connectivity index (χ0n) is 12.8. The molecule has 0 bridgehead atoms. The van der Waals surface area contributed by atoms with Crippen molar-refractivity contribution in [2.24, 2.45) is 0 Å². The Morgan fingerprint density at radius 2 is 2.24 bits per heavy atom. The second-order valence-corrected chi connectivity index (χ2v) is 5.04. The molecule has 1 rings (SSSR count). The molecule has 0 unspecified atom stereocenters. The normalized spacial score (nSPS) is 10.7. The zero-order valence-corrected chi connectivity index (χ0v) is 13.5. The smallest absolute Gasteiger partial charge is 0.252 e. The first kappa shape index (κ1) is 17.7. The minimum Gasteiger partial charge on any atom is -0.383 e. The molecular formula is C14H23ClN4O2. The number of amides is 1. The minimum atomic E-state index is -0.174. The highest BCUT2D eigenvalue weighted by molar-refractivity contribution is 6.33. The summed E-state index contributed by atoms with van der Waals surface area (Å²) in [5, 5.41) is 6.32. The van der Waals surface area contributed by atoms with E-state index in [1.165, 1.54) is 6.20 Å². The first-order valence-corrected chi connectivity index (χ1v) is 7.31. The maximum atomic E-state index is 12.0. The van der Waals surface area contributed by atoms with Gasteiger partial charge in [-0.3, -0.25) is 4.79 Å². The van der Waals surface area contributed by atoms with E-state index in [1.54, 1.807) is 13.2 Å². The van der Waals surface area contributed by atoms with Crippen molar-refractivity contribution >= 4 is 23.3 Å². The van der Waals surface area contributed by atoms with E-state index in [1.807, 2.05) is 14.0 Å². The number of pyridine rings is 1. The van der Waals surface area contributed by atoms with Crippen molar-refractivity contribution in [1.29, 1.82) is 0 Å². The first-order valence-electron chi connectivity index (χ1n) is 6.93. The number of rotatable bonds is 9. The number of nitrogens with zero attached hydrogens (tertiary/aromatic N) is 2. The lowest BCUT2D eigenvalue weighted by atomic mass is 10.2. The molecule has 1 aromatic rings. The Morgan fingerprint density at radius 3 is 2.86 bits per heavy atom. The highest BCUT2D eigenvalue weighted by Gasteiger charge is 2.09. The number of halogens is 1. The number of hydrogen-bond acceptors (Lipinski definition) is 5. The largest absolute Gasteiger partial charge is 0.383 e. The zero-order chi connectivity index (χ0) is 15.7. The van der Waals surface area contributed by atoms with Gasteiger partial charge in [0.05, 0.1) is 17.2 Å². The van der Waals surface area contributed by atoms with Crippen molar-refractivity contribution in [3.8, 4) is 0 Å². The summed E-state index contributed by atoms with van der Waals surface area (Å²) in [5.41, 5.74) is 0.459. The molecule has 0 aliphatic heterocycles. The van der Waals surface area contributed by atoms with Gasteiger partial charge in [-0.25, -0.2) is 4.98 Å². The van der Waals surface area contributed by atoms with E-state index in [2.05, 4.69) is 20.5 Å². The molecule has 0 saturated heterocycles. The molecule has 0 spiro atoms. The third-order valence-corrected chi connectivity index (χ3v) is 3.19. The van der Waals surface area contributed by atoms with Crippen LogP contribution in [-0.4, -0.2) is 62.7 Å². The van der Waals surface area contributed by atoms with Crippen LogP contribution in [0.15, 0.2) is 12.3 Å². The molecule has 0 aromatic carbocycles. The minimum absolute atomic E-state index is 0.174. The van der Waals surface area contributed by atoms with Crippen molar-refractivity contribution < 1.29 is 9.53 Å². The van der Waals surface area contributed by atoms with Crippen LogP contribution in [0.5, 0.6) is 0 Å². The number of likely N-dealkylation sites (N-methyl/N-ethyl adjacent to an activating group) is 1. The highest BCUT2D eigenvalue weighted by Crippen LogP contribution is 2.19. The van der Waals surface area contributed by atoms with E-state index in [4.69, 9.17) is 16.3 Å². The quantitative estimate of drug-likeness (QED) is 0.722. The van der Waals surface area contributed by atoms with E-state index in [0.29, 0.717) is 29.6 Å². The number of hydrogen-bond donors (Lipinski definition) is 2. The molecule has 1 aromatic heterocycles. The van der Waals surface area contributed by atoms with Crippen molar-refractivity contribution in [2.75, 3.05) is 52.3 Å². The first-order chi connectivity index (χ1) is 10.1. The van der Waals surface area contributed by atoms with Gasteiger partial charge in [0.1, 0.15) is 5.82 Å². The van der Waals surface area contributed by atoms with Crippen LogP contribution in [-0.2, 0) is 4.74 Å². The lowest BCUT2D eigenvalue weighted by Crippen LogP contribution is -2.34. The summed E-state index contributed by atoms with van der Waals surface area (Å²) < 4.78 is 5.00. The maximum Gasteiger partial charge on any atom is 0.252 e. The molecule has 21 heavy (non-hydrogen) atoms. The van der Waals surface area contributed by atoms with Crippen LogP contribution in [0.3, 0.4) is 0 Å². The van der Waals surface area contributed by atoms with Crippen LogP contribution in [0.1, 0.15) is 17.3 Å². The molecule has 6 nitrogen and oxygen atoms in total. The molecule has 2 N–H and O–H groups in total. The molecule has 7 heteroatoms. The van der Waals surface area contributed by atoms with Crippen LogP contribution in [0.4, 0.5) is 5.82 Å². The van der Waals surface area contributed by atoms with Crippen molar-refractivity contribution in [3.63, 3.8) is 0 Å². The predicted octanol–water partition coefficient (Wildman–Crippen LogP) is 1.47. The monoisotopic (exact) mass is 314 g/mol. The number of ether oxygens (including phenoxy) is 1. The molecule has 1 amide bonds. The van der Waals surface area contributed by atoms with Crippen molar-refractivity contribution in [2.45, 2.75) is 6.92 Å². The average Bonchev–Trinajstić information content (AvgIpc) is 2.47. The molecular weight excluding hydrogens is 292 g/mol. The van der Waals surface area contributed by atoms with Gasteiger partial charge in [0.25, 0.3) is 5.91 Å². The third-order valence-electron chi connectivity index (χ3n) is 2.90. The van der Waals surface area contributed by atoms with Gasteiger partial charge < -0.3 is 20.3 Å². The standard InChI is InChI=1S/C14H23ClN4O2/c1-4-16-13-12(15)9-11(10-18-13)14(20)17-5-6-19(2)7-8-21-3/h9-10H,4-8H2,1-3H3,(H,16,18)(H,17,20). The Balaban J connectivity index is 2.43. The summed E-state index contributed by atoms with van der Waals surface area (Å²) in [6.45, 7) is 5.51. The number of nitrogens with one attached hydrogen (secondary N) is 2. The molecule has 0 atom stereocenters. The summed E-state index contributed by atoms with van der Waals surface area (Å²) >= 11 is 6.07. The summed E-state index contributed by atoms with van der Waals surface area (Å²) in [6, 6.07) is 1.62. The third kappa shape index (κ3) is 6.29. The van der Waals surface area contributed by atoms with Gasteiger partial charge in [-0.1, -0.05) is 11.6 Å². The fraction of sp³-hybridized carbons (Fsp3) is 0.571. The van der Waals surface area contributed by atoms with Gasteiger partial charge >= 0.3 is 0 Å². The van der Waals surface area contributed by atoms with Crippen molar-refractivity contribution in [3.05, 3.63) is 22.8 Å². The van der Waals surface area contributed by atoms with Crippen LogP contribution >= 0.6 is 11.6 Å². The molecule has 118 valence electrons. The second kappa shape index (κ2) is 9.55. The van der Waals surface area contributed by atoms with Crippen LogP contribution in [0.2, 0.25) is 5.02 Å². The summed E-state index contributed by atoms with van der Waals surface area (Å²) in [4.78, 5) is 18.2. The SMILES string of the molecule is CCNc1ncc(C(=O)NCCN(C)CCOC)cc1Cl. The molecule has 0 aliphatic carbocycles. The van der Waals surface area contributed by atoms with E-state index in [-0.39, 0.29) is 5.91 Å². The molecule has 1 heterocycles. The lowest BCUT2D eigenvalue weighted by Gasteiger charge is -2.16. The van der Waals surface area contributed by atoms with Crippen LogP contribution in [0.25, 0.3) is 0 Å². The summed E-state index contributed by atoms with van der Waals surface area (Å²) in [5.74, 6) is 0.419. The lowest BCUT2D eigenvalue weighted by molar-refractivity contribution is 0.0947. The van der Waals surface area contributed by atoms with E-state index in [9.17, 15) is 4.79 Å². The number of aromatic nitrogens is 1. The van der Waals surface area contributed by atoms with Crippen LogP contribution < -0.4 is 10.6 Å². The van der Waals surface area contributed by atoms with Gasteiger partial charge in [-0.05, 0) is 20.0 Å². The predicted molar refractivity (Wildman–Crippen MR) is 85.1 cm³/mol. The summed E-state index contributed by atoms with van der Waals surface area (Å²) in [6.07, 6.45) is 1.52. The van der Waals surface area contributed by atoms with E-state index < -0.39 is 0 Å². The van der Waals surface area contributed by atoms with Gasteiger partial charge in [0.15, 0.2) is 0 Å². The Kier molecular flexibility index (Phi) is 8.04. The fourth-order valence-corrected chi connectivity index (χ4v) is 1.91. The molecule has 0 aliphatic rings. The molecule has 0 radical (unpaired) electrons. The Labute approximate surface area is 130 Å². The Morgan fingerprint density at radius 1 is 1.48 bits per heavy atom. The summed E-state index contributed by atoms with van der Waals surface area (Å²) in [7, 11) is 3.65.